The maximum atomic E-state index is 13.5. The molecule has 6 aromatic carbocycles. The number of hydrogen-bond acceptors (Lipinski definition) is 6. The van der Waals surface area contributed by atoms with E-state index in [0.717, 1.165) is 47.9 Å². The van der Waals surface area contributed by atoms with Crippen molar-refractivity contribution >= 4 is 11.9 Å². The molecular weight excluding hydrogens is 636 g/mol. The number of esters is 2. The Hall–Kier alpha value is -6.14. The molecule has 0 aliphatic carbocycles. The normalized spacial score (nSPS) is 10.8. The van der Waals surface area contributed by atoms with Crippen molar-refractivity contribution in [3.63, 3.8) is 0 Å². The van der Waals surface area contributed by atoms with Crippen molar-refractivity contribution in [1.29, 1.82) is 0 Å². The lowest BCUT2D eigenvalue weighted by Crippen LogP contribution is -2.11. The second-order valence-corrected chi connectivity index (χ2v) is 12.3. The van der Waals surface area contributed by atoms with E-state index in [1.165, 1.54) is 24.3 Å². The summed E-state index contributed by atoms with van der Waals surface area (Å²) in [6.07, 6.45) is 4.24. The molecule has 0 aliphatic rings. The summed E-state index contributed by atoms with van der Waals surface area (Å²) in [5, 5.41) is 11.1. The predicted octanol–water partition coefficient (Wildman–Crippen LogP) is 10.7. The molecule has 0 fully saturated rings. The zero-order valence-electron chi connectivity index (χ0n) is 29.0. The Labute approximate surface area is 298 Å². The van der Waals surface area contributed by atoms with Crippen LogP contribution in [0, 0.1) is 0 Å². The third-order valence-corrected chi connectivity index (χ3v) is 8.76. The highest BCUT2D eigenvalue weighted by Crippen LogP contribution is 2.47. The van der Waals surface area contributed by atoms with Crippen LogP contribution in [0.4, 0.5) is 0 Å². The number of methoxy groups -OCH3 is 1. The number of hydrogen-bond donors (Lipinski definition) is 1. The Kier molecular flexibility index (Phi) is 10.9. The molecule has 256 valence electrons. The average molecular weight is 677 g/mol. The van der Waals surface area contributed by atoms with E-state index in [0.29, 0.717) is 16.9 Å². The predicted molar refractivity (Wildman–Crippen MR) is 202 cm³/mol. The van der Waals surface area contributed by atoms with E-state index in [2.05, 4.69) is 62.4 Å². The highest BCUT2D eigenvalue weighted by molar-refractivity contribution is 5.96. The fourth-order valence-electron chi connectivity index (χ4n) is 6.09. The maximum Gasteiger partial charge on any atom is 0.343 e. The Bertz CT molecular complexity index is 2110. The molecule has 51 heavy (non-hydrogen) atoms. The van der Waals surface area contributed by atoms with Gasteiger partial charge in [0.1, 0.15) is 23.0 Å². The van der Waals surface area contributed by atoms with Crippen molar-refractivity contribution in [3.05, 3.63) is 156 Å². The summed E-state index contributed by atoms with van der Waals surface area (Å²) in [4.78, 5) is 26.9. The lowest BCUT2D eigenvalue weighted by molar-refractivity contribution is 0.0722. The molecule has 0 amide bonds. The largest absolute Gasteiger partial charge is 0.507 e. The average Bonchev–Trinajstić information content (AvgIpc) is 3.16. The molecule has 0 aromatic heterocycles. The minimum atomic E-state index is -0.611. The quantitative estimate of drug-likeness (QED) is 0.103. The van der Waals surface area contributed by atoms with Crippen LogP contribution < -0.4 is 14.2 Å². The summed E-state index contributed by atoms with van der Waals surface area (Å²) in [7, 11) is 1.47. The van der Waals surface area contributed by atoms with Gasteiger partial charge < -0.3 is 19.3 Å². The van der Waals surface area contributed by atoms with Gasteiger partial charge in [0.05, 0.1) is 29.4 Å². The highest BCUT2D eigenvalue weighted by Gasteiger charge is 2.24. The number of aryl methyl sites for hydroxylation is 2. The van der Waals surface area contributed by atoms with Crippen LogP contribution in [0.15, 0.2) is 133 Å². The minimum absolute atomic E-state index is 0.0756. The van der Waals surface area contributed by atoms with Crippen LogP contribution in [0.2, 0.25) is 0 Å². The first-order valence-corrected chi connectivity index (χ1v) is 17.2. The Morgan fingerprint density at radius 1 is 0.490 bits per heavy atom. The van der Waals surface area contributed by atoms with Gasteiger partial charge >= 0.3 is 11.9 Å². The number of aromatic hydroxyl groups is 1. The van der Waals surface area contributed by atoms with E-state index in [4.69, 9.17) is 14.2 Å². The van der Waals surface area contributed by atoms with Gasteiger partial charge in [-0.15, -0.1) is 0 Å². The topological polar surface area (TPSA) is 82.1 Å². The Morgan fingerprint density at radius 3 is 1.27 bits per heavy atom. The van der Waals surface area contributed by atoms with Crippen LogP contribution in [0.5, 0.6) is 23.0 Å². The monoisotopic (exact) mass is 676 g/mol. The molecule has 0 aliphatic heterocycles. The van der Waals surface area contributed by atoms with Gasteiger partial charge in [-0.1, -0.05) is 112 Å². The molecule has 0 unspecified atom stereocenters. The van der Waals surface area contributed by atoms with Crippen LogP contribution in [0.25, 0.3) is 33.4 Å². The van der Waals surface area contributed by atoms with Crippen LogP contribution in [-0.4, -0.2) is 24.2 Å². The number of rotatable bonds is 12. The third-order valence-electron chi connectivity index (χ3n) is 8.76. The molecular formula is C45H40O6. The number of phenols is 1. The number of carbonyl (C=O) groups is 2. The molecule has 6 rings (SSSR count). The summed E-state index contributed by atoms with van der Waals surface area (Å²) in [5.41, 5.74) is 7.73. The van der Waals surface area contributed by atoms with E-state index < -0.39 is 11.9 Å². The molecule has 0 atom stereocenters. The second kappa shape index (κ2) is 16.0. The smallest absolute Gasteiger partial charge is 0.343 e. The summed E-state index contributed by atoms with van der Waals surface area (Å²) >= 11 is 0. The fourth-order valence-corrected chi connectivity index (χ4v) is 6.09. The van der Waals surface area contributed by atoms with Crippen LogP contribution in [0.1, 0.15) is 58.5 Å². The standard InChI is InChI=1S/C45H40O6/c1-4-8-30-14-18-32(19-15-30)34-22-26-36(27-23-34)44(47)50-40-12-6-10-38(46)42(40)43-39(49-3)11-7-13-41(43)51-45(48)37-28-24-35(25-29-37)33-20-16-31(9-5-2)17-21-33/h6-7,10-29,46H,4-5,8-9H2,1-3H3. The van der Waals surface area contributed by atoms with Gasteiger partial charge in [0.15, 0.2) is 0 Å². The van der Waals surface area contributed by atoms with E-state index in [1.807, 2.05) is 24.3 Å². The maximum absolute atomic E-state index is 13.5. The molecule has 0 bridgehead atoms. The van der Waals surface area contributed by atoms with Crippen molar-refractivity contribution in [1.82, 2.24) is 0 Å². The van der Waals surface area contributed by atoms with Crippen molar-refractivity contribution < 1.29 is 28.9 Å². The van der Waals surface area contributed by atoms with Gasteiger partial charge in [-0.2, -0.15) is 0 Å². The van der Waals surface area contributed by atoms with E-state index in [9.17, 15) is 14.7 Å². The molecule has 0 heterocycles. The van der Waals surface area contributed by atoms with E-state index in [-0.39, 0.29) is 28.4 Å². The van der Waals surface area contributed by atoms with Gasteiger partial charge in [0.25, 0.3) is 0 Å². The SMILES string of the molecule is CCCc1ccc(-c2ccc(C(=O)Oc3cccc(O)c3-c3c(OC)cccc3OC(=O)c3ccc(-c4ccc(CCC)cc4)cc3)cc2)cc1. The summed E-state index contributed by atoms with van der Waals surface area (Å²) in [6.45, 7) is 4.32. The van der Waals surface area contributed by atoms with Gasteiger partial charge in [0.2, 0.25) is 0 Å². The van der Waals surface area contributed by atoms with Gasteiger partial charge in [-0.05, 0) is 94.8 Å². The molecule has 0 saturated heterocycles. The number of benzene rings is 6. The zero-order valence-corrected chi connectivity index (χ0v) is 29.0. The second-order valence-electron chi connectivity index (χ2n) is 12.3. The highest BCUT2D eigenvalue weighted by atomic mass is 16.5. The molecule has 0 saturated carbocycles. The first-order valence-electron chi connectivity index (χ1n) is 17.2. The molecule has 0 radical (unpaired) electrons. The molecule has 6 aromatic rings. The molecule has 0 spiro atoms. The van der Waals surface area contributed by atoms with E-state index >= 15 is 0 Å². The van der Waals surface area contributed by atoms with Gasteiger partial charge in [-0.25, -0.2) is 9.59 Å². The van der Waals surface area contributed by atoms with Gasteiger partial charge in [0, 0.05) is 0 Å². The third kappa shape index (κ3) is 8.03. The number of phenolic OH excluding ortho intramolecular Hbond substituents is 1. The molecule has 1 N–H and O–H groups in total. The van der Waals surface area contributed by atoms with E-state index in [1.54, 1.807) is 54.6 Å². The van der Waals surface area contributed by atoms with Crippen molar-refractivity contribution in [2.75, 3.05) is 7.11 Å². The fraction of sp³-hybridized carbons (Fsp3) is 0.156. The summed E-state index contributed by atoms with van der Waals surface area (Å²) < 4.78 is 17.5. The zero-order chi connectivity index (χ0) is 35.7. The summed E-state index contributed by atoms with van der Waals surface area (Å²) in [5.74, 6) is -0.869. The molecule has 6 nitrogen and oxygen atoms in total. The molecule has 6 heteroatoms. The Balaban J connectivity index is 1.24. The lowest BCUT2D eigenvalue weighted by Gasteiger charge is -2.18. The first kappa shape index (κ1) is 34.7. The van der Waals surface area contributed by atoms with Crippen molar-refractivity contribution in [2.24, 2.45) is 0 Å². The van der Waals surface area contributed by atoms with Crippen LogP contribution >= 0.6 is 0 Å². The van der Waals surface area contributed by atoms with Crippen molar-refractivity contribution in [3.8, 4) is 56.4 Å². The lowest BCUT2D eigenvalue weighted by atomic mass is 10.00. The number of ether oxygens (including phenoxy) is 3. The van der Waals surface area contributed by atoms with Crippen LogP contribution in [-0.2, 0) is 12.8 Å². The summed E-state index contributed by atoms with van der Waals surface area (Å²) in [6, 6.07) is 40.8. The van der Waals surface area contributed by atoms with Crippen molar-refractivity contribution in [2.45, 2.75) is 39.5 Å². The minimum Gasteiger partial charge on any atom is -0.507 e. The Morgan fingerprint density at radius 2 is 0.863 bits per heavy atom. The van der Waals surface area contributed by atoms with Crippen LogP contribution in [0.3, 0.4) is 0 Å². The number of carbonyl (C=O) groups excluding carboxylic acids is 2. The first-order chi connectivity index (χ1) is 24.9. The van der Waals surface area contributed by atoms with Gasteiger partial charge in [-0.3, -0.25) is 0 Å².